The third-order valence-electron chi connectivity index (χ3n) is 4.30. The first kappa shape index (κ1) is 22.1. The van der Waals surface area contributed by atoms with E-state index in [-0.39, 0.29) is 11.8 Å². The number of benzene rings is 3. The molecule has 154 valence electrons. The van der Waals surface area contributed by atoms with E-state index in [9.17, 15) is 9.59 Å². The number of hydrogen-bond acceptors (Lipinski definition) is 3. The Labute approximate surface area is 189 Å². The van der Waals surface area contributed by atoms with Gasteiger partial charge >= 0.3 is 0 Å². The fraction of sp³-hybridized carbons (Fsp3) is 0.167. The lowest BCUT2D eigenvalue weighted by Crippen LogP contribution is -2.19. The van der Waals surface area contributed by atoms with Crippen molar-refractivity contribution in [2.24, 2.45) is 0 Å². The highest BCUT2D eigenvalue weighted by Crippen LogP contribution is 2.37. The fourth-order valence-electron chi connectivity index (χ4n) is 2.88. The first-order chi connectivity index (χ1) is 14.5. The van der Waals surface area contributed by atoms with Crippen molar-refractivity contribution in [3.63, 3.8) is 0 Å². The van der Waals surface area contributed by atoms with Gasteiger partial charge in [0.05, 0.1) is 0 Å². The van der Waals surface area contributed by atoms with E-state index in [2.05, 4.69) is 26.6 Å². The molecule has 30 heavy (non-hydrogen) atoms. The molecule has 0 fully saturated rings. The van der Waals surface area contributed by atoms with Gasteiger partial charge in [0, 0.05) is 27.2 Å². The number of carbonyl (C=O) groups is 2. The van der Waals surface area contributed by atoms with Crippen molar-refractivity contribution in [1.29, 1.82) is 0 Å². The van der Waals surface area contributed by atoms with E-state index in [1.54, 1.807) is 0 Å². The van der Waals surface area contributed by atoms with Gasteiger partial charge in [0.15, 0.2) is 0 Å². The highest BCUT2D eigenvalue weighted by molar-refractivity contribution is 9.10. The van der Waals surface area contributed by atoms with Gasteiger partial charge in [-0.2, -0.15) is 0 Å². The minimum Gasteiger partial charge on any atom is -0.326 e. The number of carbonyl (C=O) groups excluding carboxylic acids is 2. The van der Waals surface area contributed by atoms with E-state index < -0.39 is 5.25 Å². The Morgan fingerprint density at radius 2 is 1.63 bits per heavy atom. The lowest BCUT2D eigenvalue weighted by atomic mass is 10.1. The fourth-order valence-corrected chi connectivity index (χ4v) is 4.22. The summed E-state index contributed by atoms with van der Waals surface area (Å²) >= 11 is 4.86. The second-order valence-electron chi connectivity index (χ2n) is 6.73. The summed E-state index contributed by atoms with van der Waals surface area (Å²) in [6.45, 7) is 1.97. The minimum absolute atomic E-state index is 0.00718. The molecular formula is C24H23BrN2O2S. The summed E-state index contributed by atoms with van der Waals surface area (Å²) in [5.74, 6) is -0.110. The van der Waals surface area contributed by atoms with Crippen LogP contribution in [0.25, 0.3) is 0 Å². The van der Waals surface area contributed by atoms with E-state index in [0.717, 1.165) is 32.7 Å². The Bertz CT molecular complexity index is 994. The molecule has 0 aliphatic rings. The van der Waals surface area contributed by atoms with Crippen LogP contribution in [0.4, 0.5) is 11.4 Å². The summed E-state index contributed by atoms with van der Waals surface area (Å²) in [6.07, 6.45) is 1.28. The predicted octanol–water partition coefficient (Wildman–Crippen LogP) is 6.66. The van der Waals surface area contributed by atoms with Crippen LogP contribution in [0.3, 0.4) is 0 Å². The molecule has 2 N–H and O–H groups in total. The second-order valence-corrected chi connectivity index (χ2v) is 8.82. The molecule has 0 saturated carbocycles. The summed E-state index contributed by atoms with van der Waals surface area (Å²) in [4.78, 5) is 26.0. The van der Waals surface area contributed by atoms with Gasteiger partial charge in [-0.1, -0.05) is 59.3 Å². The summed E-state index contributed by atoms with van der Waals surface area (Å²) in [5, 5.41) is 5.48. The van der Waals surface area contributed by atoms with Gasteiger partial charge in [0.1, 0.15) is 5.25 Å². The topological polar surface area (TPSA) is 58.2 Å². The van der Waals surface area contributed by atoms with E-state index in [1.165, 1.54) is 11.8 Å². The van der Waals surface area contributed by atoms with Crippen molar-refractivity contribution in [2.45, 2.75) is 29.9 Å². The van der Waals surface area contributed by atoms with Crippen LogP contribution in [-0.4, -0.2) is 11.8 Å². The monoisotopic (exact) mass is 482 g/mol. The number of amides is 2. The largest absolute Gasteiger partial charge is 0.326 e. The average Bonchev–Trinajstić information content (AvgIpc) is 2.74. The van der Waals surface area contributed by atoms with Crippen molar-refractivity contribution in [1.82, 2.24) is 0 Å². The zero-order valence-corrected chi connectivity index (χ0v) is 19.0. The number of thioether (sulfide) groups is 1. The number of nitrogens with one attached hydrogen (secondary N) is 2. The van der Waals surface area contributed by atoms with Gasteiger partial charge in [-0.3, -0.25) is 9.59 Å². The molecular weight excluding hydrogens is 460 g/mol. The zero-order chi connectivity index (χ0) is 21.3. The van der Waals surface area contributed by atoms with Gasteiger partial charge in [0.2, 0.25) is 11.8 Å². The Morgan fingerprint density at radius 1 is 0.900 bits per heavy atom. The molecule has 1 atom stereocenters. The molecule has 4 nitrogen and oxygen atoms in total. The van der Waals surface area contributed by atoms with Crippen LogP contribution in [0, 0.1) is 0 Å². The van der Waals surface area contributed by atoms with E-state index in [4.69, 9.17) is 0 Å². The van der Waals surface area contributed by atoms with Gasteiger partial charge in [-0.15, -0.1) is 11.8 Å². The van der Waals surface area contributed by atoms with E-state index >= 15 is 0 Å². The van der Waals surface area contributed by atoms with Crippen molar-refractivity contribution in [2.75, 3.05) is 10.6 Å². The average molecular weight is 483 g/mol. The minimum atomic E-state index is -0.434. The van der Waals surface area contributed by atoms with Crippen LogP contribution in [0.1, 0.15) is 30.6 Å². The van der Waals surface area contributed by atoms with Gasteiger partial charge in [-0.05, 0) is 54.4 Å². The Kier molecular flexibility index (Phi) is 8.11. The van der Waals surface area contributed by atoms with Crippen molar-refractivity contribution in [3.8, 4) is 0 Å². The smallest absolute Gasteiger partial charge is 0.242 e. The molecule has 0 aliphatic carbocycles. The van der Waals surface area contributed by atoms with Gasteiger partial charge in [-0.25, -0.2) is 0 Å². The summed E-state index contributed by atoms with van der Waals surface area (Å²) in [5.41, 5.74) is 2.39. The molecule has 3 aromatic carbocycles. The van der Waals surface area contributed by atoms with Gasteiger partial charge < -0.3 is 10.6 Å². The molecule has 2 amide bonds. The summed E-state index contributed by atoms with van der Waals surface area (Å²) < 4.78 is 0.955. The zero-order valence-electron chi connectivity index (χ0n) is 16.6. The Morgan fingerprint density at radius 3 is 2.33 bits per heavy atom. The maximum Gasteiger partial charge on any atom is 0.242 e. The van der Waals surface area contributed by atoms with Crippen LogP contribution in [0.5, 0.6) is 0 Å². The van der Waals surface area contributed by atoms with Crippen LogP contribution in [-0.2, 0) is 9.59 Å². The first-order valence-electron chi connectivity index (χ1n) is 9.73. The number of rotatable bonds is 8. The number of halogens is 1. The molecule has 0 bridgehead atoms. The highest BCUT2D eigenvalue weighted by atomic mass is 79.9. The highest BCUT2D eigenvalue weighted by Gasteiger charge is 2.22. The van der Waals surface area contributed by atoms with Crippen molar-refractivity contribution < 1.29 is 9.59 Å². The summed E-state index contributed by atoms with van der Waals surface area (Å²) in [6, 6.07) is 24.8. The molecule has 0 saturated heterocycles. The van der Waals surface area contributed by atoms with Crippen molar-refractivity contribution >= 4 is 50.9 Å². The molecule has 0 aromatic heterocycles. The molecule has 6 heteroatoms. The first-order valence-corrected chi connectivity index (χ1v) is 11.4. The van der Waals surface area contributed by atoms with Crippen molar-refractivity contribution in [3.05, 3.63) is 88.9 Å². The molecule has 0 radical (unpaired) electrons. The number of anilines is 2. The molecule has 3 aromatic rings. The quantitative estimate of drug-likeness (QED) is 0.352. The molecule has 0 aliphatic heterocycles. The van der Waals surface area contributed by atoms with E-state index in [0.29, 0.717) is 6.42 Å². The third-order valence-corrected chi connectivity index (χ3v) is 6.08. The Hall–Kier alpha value is -2.57. The van der Waals surface area contributed by atoms with Crippen LogP contribution < -0.4 is 10.6 Å². The third kappa shape index (κ3) is 6.47. The number of hydrogen-bond donors (Lipinski definition) is 2. The lowest BCUT2D eigenvalue weighted by Gasteiger charge is -2.18. The maximum atomic E-state index is 13.1. The van der Waals surface area contributed by atoms with Crippen LogP contribution in [0.15, 0.2) is 88.2 Å². The molecule has 0 spiro atoms. The Balaban J connectivity index is 1.80. The lowest BCUT2D eigenvalue weighted by molar-refractivity contribution is -0.116. The van der Waals surface area contributed by atoms with Gasteiger partial charge in [0.25, 0.3) is 0 Å². The predicted molar refractivity (Wildman–Crippen MR) is 128 cm³/mol. The van der Waals surface area contributed by atoms with Crippen LogP contribution >= 0.6 is 27.7 Å². The standard InChI is InChI=1S/C24H23BrN2O2S/c1-2-7-22(28)26-20-10-6-11-21(16-20)30-23(17-8-4-3-5-9-17)24(29)27-19-14-12-18(25)13-15-19/h3-6,8-16,23H,2,7H2,1H3,(H,26,28)(H,27,29). The molecule has 1 unspecified atom stereocenters. The van der Waals surface area contributed by atoms with Crippen LogP contribution in [0.2, 0.25) is 0 Å². The maximum absolute atomic E-state index is 13.1. The normalized spacial score (nSPS) is 11.5. The van der Waals surface area contributed by atoms with E-state index in [1.807, 2.05) is 85.8 Å². The second kappa shape index (κ2) is 11.0. The molecule has 3 rings (SSSR count). The SMILES string of the molecule is CCCC(=O)Nc1cccc(SC(C(=O)Nc2ccc(Br)cc2)c2ccccc2)c1. The molecule has 0 heterocycles. The summed E-state index contributed by atoms with van der Waals surface area (Å²) in [7, 11) is 0.